The zero-order valence-electron chi connectivity index (χ0n) is 14.3. The van der Waals surface area contributed by atoms with Crippen molar-refractivity contribution in [3.63, 3.8) is 0 Å². The molecule has 0 aliphatic rings. The summed E-state index contributed by atoms with van der Waals surface area (Å²) >= 11 is 0. The van der Waals surface area contributed by atoms with E-state index in [0.29, 0.717) is 22.7 Å². The Kier molecular flexibility index (Phi) is 4.68. The third kappa shape index (κ3) is 3.52. The number of amides is 2. The summed E-state index contributed by atoms with van der Waals surface area (Å²) in [6.45, 7) is 0. The molecule has 7 heteroatoms. The molecule has 0 atom stereocenters. The molecule has 3 aromatic rings. The normalized spacial score (nSPS) is 10.4. The molecule has 7 nitrogen and oxygen atoms in total. The Bertz CT molecular complexity index is 988. The number of anilines is 4. The van der Waals surface area contributed by atoms with E-state index in [1.54, 1.807) is 48.5 Å². The Balaban J connectivity index is 2.20. The molecule has 0 fully saturated rings. The number of carbonyl (C=O) groups excluding carboxylic acids is 2. The smallest absolute Gasteiger partial charge is 0.263 e. The first-order chi connectivity index (χ1) is 12.9. The van der Waals surface area contributed by atoms with Crippen molar-refractivity contribution in [3.05, 3.63) is 77.9 Å². The van der Waals surface area contributed by atoms with Gasteiger partial charge in [0, 0.05) is 11.1 Å². The fourth-order valence-corrected chi connectivity index (χ4v) is 2.74. The standard InChI is InChI=1S/C20H18N4O3/c21-15-5-1-3-7-17(15)24(18-8-4-2-6-16(18)22)20(27)13-9-12(19(23)26)10-14(25)11-13/h1-11,25H,21-22H2,(H2,23,26). The van der Waals surface area contributed by atoms with Gasteiger partial charge in [0.25, 0.3) is 5.91 Å². The largest absolute Gasteiger partial charge is 0.508 e. The van der Waals surface area contributed by atoms with Crippen molar-refractivity contribution in [2.24, 2.45) is 5.73 Å². The predicted octanol–water partition coefficient (Wildman–Crippen LogP) is 2.63. The number of hydrogen-bond acceptors (Lipinski definition) is 5. The molecule has 3 aromatic carbocycles. The van der Waals surface area contributed by atoms with Gasteiger partial charge in [0.15, 0.2) is 0 Å². The summed E-state index contributed by atoms with van der Waals surface area (Å²) in [7, 11) is 0. The Morgan fingerprint density at radius 3 is 1.74 bits per heavy atom. The SMILES string of the molecule is NC(=O)c1cc(O)cc(C(=O)N(c2ccccc2N)c2ccccc2N)c1. The lowest BCUT2D eigenvalue weighted by molar-refractivity contribution is 0.0998. The van der Waals surface area contributed by atoms with Crippen LogP contribution in [0.3, 0.4) is 0 Å². The first kappa shape index (κ1) is 17.8. The van der Waals surface area contributed by atoms with Gasteiger partial charge in [-0.25, -0.2) is 0 Å². The van der Waals surface area contributed by atoms with Gasteiger partial charge in [0.1, 0.15) is 5.75 Å². The van der Waals surface area contributed by atoms with Crippen molar-refractivity contribution in [2.45, 2.75) is 0 Å². The van der Waals surface area contributed by atoms with E-state index >= 15 is 0 Å². The molecule has 0 aliphatic carbocycles. The maximum Gasteiger partial charge on any atom is 0.263 e. The number of benzene rings is 3. The Morgan fingerprint density at radius 2 is 1.26 bits per heavy atom. The highest BCUT2D eigenvalue weighted by atomic mass is 16.3. The van der Waals surface area contributed by atoms with Crippen LogP contribution in [0.4, 0.5) is 22.7 Å². The summed E-state index contributed by atoms with van der Waals surface area (Å²) in [6, 6.07) is 17.4. The van der Waals surface area contributed by atoms with Crippen LogP contribution in [0.1, 0.15) is 20.7 Å². The topological polar surface area (TPSA) is 136 Å². The minimum absolute atomic E-state index is 0.0142. The molecule has 3 rings (SSSR count). The molecule has 0 aliphatic heterocycles. The third-order valence-electron chi connectivity index (χ3n) is 4.01. The zero-order chi connectivity index (χ0) is 19.6. The predicted molar refractivity (Wildman–Crippen MR) is 105 cm³/mol. The van der Waals surface area contributed by atoms with Gasteiger partial charge in [0.05, 0.1) is 22.7 Å². The molecule has 2 amide bonds. The summed E-state index contributed by atoms with van der Waals surface area (Å²) in [5.41, 5.74) is 19.1. The van der Waals surface area contributed by atoms with Crippen molar-refractivity contribution in [1.29, 1.82) is 0 Å². The minimum Gasteiger partial charge on any atom is -0.508 e. The molecule has 0 spiro atoms. The average Bonchev–Trinajstić information content (AvgIpc) is 2.64. The van der Waals surface area contributed by atoms with E-state index in [9.17, 15) is 14.7 Å². The van der Waals surface area contributed by atoms with Crippen molar-refractivity contribution in [2.75, 3.05) is 16.4 Å². The third-order valence-corrected chi connectivity index (χ3v) is 4.01. The zero-order valence-corrected chi connectivity index (χ0v) is 14.3. The average molecular weight is 362 g/mol. The van der Waals surface area contributed by atoms with Gasteiger partial charge in [-0.15, -0.1) is 0 Å². The second-order valence-electron chi connectivity index (χ2n) is 5.89. The minimum atomic E-state index is -0.759. The highest BCUT2D eigenvalue weighted by Gasteiger charge is 2.24. The van der Waals surface area contributed by atoms with Gasteiger partial charge < -0.3 is 22.3 Å². The molecular formula is C20H18N4O3. The van der Waals surface area contributed by atoms with Crippen LogP contribution in [0, 0.1) is 0 Å². The van der Waals surface area contributed by atoms with Gasteiger partial charge >= 0.3 is 0 Å². The van der Waals surface area contributed by atoms with Crippen LogP contribution < -0.4 is 22.1 Å². The van der Waals surface area contributed by atoms with Crippen LogP contribution >= 0.6 is 0 Å². The van der Waals surface area contributed by atoms with E-state index in [-0.39, 0.29) is 16.9 Å². The number of nitrogen functional groups attached to an aromatic ring is 2. The van der Waals surface area contributed by atoms with Crippen LogP contribution in [0.15, 0.2) is 66.7 Å². The molecule has 0 saturated carbocycles. The van der Waals surface area contributed by atoms with E-state index < -0.39 is 11.8 Å². The molecule has 0 unspecified atom stereocenters. The second kappa shape index (κ2) is 7.09. The summed E-state index contributed by atoms with van der Waals surface area (Å²) in [4.78, 5) is 26.2. The van der Waals surface area contributed by atoms with Crippen LogP contribution in [0.5, 0.6) is 5.75 Å². The number of phenolic OH excluding ortho intramolecular Hbond substituents is 1. The number of rotatable bonds is 4. The number of phenols is 1. The van der Waals surface area contributed by atoms with Crippen LogP contribution in [0.2, 0.25) is 0 Å². The van der Waals surface area contributed by atoms with E-state index in [1.165, 1.54) is 23.1 Å². The summed E-state index contributed by atoms with van der Waals surface area (Å²) in [5, 5.41) is 9.90. The number of para-hydroxylation sites is 4. The maximum absolute atomic E-state index is 13.3. The van der Waals surface area contributed by atoms with Crippen molar-refractivity contribution < 1.29 is 14.7 Å². The van der Waals surface area contributed by atoms with Crippen LogP contribution in [-0.4, -0.2) is 16.9 Å². The Morgan fingerprint density at radius 1 is 0.778 bits per heavy atom. The number of primary amides is 1. The summed E-state index contributed by atoms with van der Waals surface area (Å²) < 4.78 is 0. The van der Waals surface area contributed by atoms with E-state index in [0.717, 1.165) is 0 Å². The van der Waals surface area contributed by atoms with Gasteiger partial charge in [-0.3, -0.25) is 14.5 Å². The van der Waals surface area contributed by atoms with Crippen molar-refractivity contribution in [1.82, 2.24) is 0 Å². The van der Waals surface area contributed by atoms with Gasteiger partial charge in [-0.1, -0.05) is 24.3 Å². The van der Waals surface area contributed by atoms with Crippen LogP contribution in [-0.2, 0) is 0 Å². The number of aromatic hydroxyl groups is 1. The number of nitrogens with two attached hydrogens (primary N) is 3. The molecule has 7 N–H and O–H groups in total. The fourth-order valence-electron chi connectivity index (χ4n) is 2.74. The molecule has 27 heavy (non-hydrogen) atoms. The molecular weight excluding hydrogens is 344 g/mol. The molecule has 0 saturated heterocycles. The lowest BCUT2D eigenvalue weighted by atomic mass is 10.1. The van der Waals surface area contributed by atoms with Crippen molar-refractivity contribution in [3.8, 4) is 5.75 Å². The first-order valence-electron chi connectivity index (χ1n) is 8.06. The highest BCUT2D eigenvalue weighted by molar-refractivity contribution is 6.14. The lowest BCUT2D eigenvalue weighted by Gasteiger charge is -2.26. The molecule has 0 bridgehead atoms. The number of hydrogen-bond donors (Lipinski definition) is 4. The van der Waals surface area contributed by atoms with E-state index in [1.807, 2.05) is 0 Å². The quantitative estimate of drug-likeness (QED) is 0.529. The number of nitrogens with zero attached hydrogens (tertiary/aromatic N) is 1. The van der Waals surface area contributed by atoms with Crippen LogP contribution in [0.25, 0.3) is 0 Å². The maximum atomic E-state index is 13.3. The Hall–Kier alpha value is -4.00. The lowest BCUT2D eigenvalue weighted by Crippen LogP contribution is -2.28. The van der Waals surface area contributed by atoms with E-state index in [4.69, 9.17) is 17.2 Å². The van der Waals surface area contributed by atoms with Crippen molar-refractivity contribution >= 4 is 34.6 Å². The molecule has 136 valence electrons. The Labute approximate surface area is 155 Å². The molecule has 0 heterocycles. The van der Waals surface area contributed by atoms with Gasteiger partial charge in [-0.05, 0) is 42.5 Å². The van der Waals surface area contributed by atoms with Gasteiger partial charge in [-0.2, -0.15) is 0 Å². The molecule has 0 aromatic heterocycles. The van der Waals surface area contributed by atoms with Gasteiger partial charge in [0.2, 0.25) is 5.91 Å². The summed E-state index contributed by atoms with van der Waals surface area (Å²) in [6.07, 6.45) is 0. The second-order valence-corrected chi connectivity index (χ2v) is 5.89. The molecule has 0 radical (unpaired) electrons. The fraction of sp³-hybridized carbons (Fsp3) is 0. The highest BCUT2D eigenvalue weighted by Crippen LogP contribution is 2.35. The first-order valence-corrected chi connectivity index (χ1v) is 8.06. The monoisotopic (exact) mass is 362 g/mol. The summed E-state index contributed by atoms with van der Waals surface area (Å²) in [5.74, 6) is -1.54. The number of carbonyl (C=O) groups is 2. The van der Waals surface area contributed by atoms with E-state index in [2.05, 4.69) is 0 Å².